The number of carbonyl (C=O) groups is 2. The Balaban J connectivity index is 0.00000420. The van der Waals surface area contributed by atoms with Crippen molar-refractivity contribution in [3.8, 4) is 0 Å². The minimum absolute atomic E-state index is 0. The summed E-state index contributed by atoms with van der Waals surface area (Å²) in [5.74, 6) is 0.194. The lowest BCUT2D eigenvalue weighted by Gasteiger charge is -2.05. The average Bonchev–Trinajstić information content (AvgIpc) is 2.74. The van der Waals surface area contributed by atoms with Crippen LogP contribution in [-0.4, -0.2) is 24.9 Å². The van der Waals surface area contributed by atoms with Crippen molar-refractivity contribution in [2.24, 2.45) is 0 Å². The molecule has 2 amide bonds. The highest BCUT2D eigenvalue weighted by molar-refractivity contribution is 5.75. The number of hydrogen-bond donors (Lipinski definition) is 2. The number of unbranched alkanes of at least 4 members (excludes halogenated alkanes) is 3. The summed E-state index contributed by atoms with van der Waals surface area (Å²) in [4.78, 5) is 23.6. The molecule has 0 atom stereocenters. The van der Waals surface area contributed by atoms with E-state index in [0.717, 1.165) is 38.8 Å². The van der Waals surface area contributed by atoms with Crippen LogP contribution in [0.1, 0.15) is 38.5 Å². The highest BCUT2D eigenvalue weighted by atomic mass is 35.5. The van der Waals surface area contributed by atoms with Crippen LogP contribution in [0.3, 0.4) is 0 Å². The van der Waals surface area contributed by atoms with Crippen molar-refractivity contribution in [3.05, 3.63) is 61.2 Å². The minimum atomic E-state index is 0. The monoisotopic (exact) mass is 454 g/mol. The van der Waals surface area contributed by atoms with E-state index in [1.165, 1.54) is 0 Å². The first-order chi connectivity index (χ1) is 13.7. The first-order valence-electron chi connectivity index (χ1n) is 10.2. The molecule has 2 aromatic rings. The maximum atomic E-state index is 11.8. The normalized spacial score (nSPS) is 9.73. The van der Waals surface area contributed by atoms with Crippen molar-refractivity contribution in [1.29, 1.82) is 0 Å². The maximum Gasteiger partial charge on any atom is 0.226 e. The first-order valence-corrected chi connectivity index (χ1v) is 10.2. The van der Waals surface area contributed by atoms with Crippen molar-refractivity contribution in [1.82, 2.24) is 10.6 Å². The van der Waals surface area contributed by atoms with Gasteiger partial charge in [-0.15, -0.1) is 0 Å². The van der Waals surface area contributed by atoms with Crippen LogP contribution in [0, 0.1) is 0 Å². The second-order valence-corrected chi connectivity index (χ2v) is 6.84. The van der Waals surface area contributed by atoms with E-state index >= 15 is 0 Å². The summed E-state index contributed by atoms with van der Waals surface area (Å²) in [6, 6.07) is 11.8. The smallest absolute Gasteiger partial charge is 0.226 e. The van der Waals surface area contributed by atoms with Gasteiger partial charge in [-0.1, -0.05) is 25.0 Å². The van der Waals surface area contributed by atoms with Gasteiger partial charge < -0.3 is 35.4 Å². The molecule has 0 aliphatic heterocycles. The molecule has 0 saturated carbocycles. The van der Waals surface area contributed by atoms with Gasteiger partial charge in [-0.25, -0.2) is 9.13 Å². The van der Waals surface area contributed by atoms with Crippen molar-refractivity contribution in [2.75, 3.05) is 13.1 Å². The Kier molecular flexibility index (Phi) is 16.4. The number of nitrogens with one attached hydrogen (secondary N) is 2. The molecule has 0 unspecified atom stereocenters. The third-order valence-electron chi connectivity index (χ3n) is 4.50. The van der Waals surface area contributed by atoms with Gasteiger partial charge in [0.05, 0.1) is 12.8 Å². The third-order valence-corrected chi connectivity index (χ3v) is 4.50. The van der Waals surface area contributed by atoms with Crippen LogP contribution in [-0.2, 0) is 22.7 Å². The van der Waals surface area contributed by atoms with E-state index in [1.807, 2.05) is 70.3 Å². The van der Waals surface area contributed by atoms with Crippen LogP contribution in [0.4, 0.5) is 0 Å². The van der Waals surface area contributed by atoms with Gasteiger partial charge in [0.1, 0.15) is 0 Å². The topological polar surface area (TPSA) is 66.0 Å². The number of carbonyl (C=O) groups excluding carboxylic acids is 2. The molecule has 6 nitrogen and oxygen atoms in total. The number of nitrogens with zero attached hydrogens (tertiary/aromatic N) is 2. The summed E-state index contributed by atoms with van der Waals surface area (Å²) in [6.45, 7) is 2.85. The Morgan fingerprint density at radius 3 is 1.30 bits per heavy atom. The number of hydrogen-bond acceptors (Lipinski definition) is 2. The van der Waals surface area contributed by atoms with Gasteiger partial charge in [-0.3, -0.25) is 9.59 Å². The van der Waals surface area contributed by atoms with Gasteiger partial charge in [0.25, 0.3) is 0 Å². The number of aryl methyl sites for hydroxylation is 2. The fourth-order valence-electron chi connectivity index (χ4n) is 2.86. The van der Waals surface area contributed by atoms with Gasteiger partial charge in [0, 0.05) is 37.4 Å². The average molecular weight is 455 g/mol. The van der Waals surface area contributed by atoms with E-state index in [9.17, 15) is 9.59 Å². The van der Waals surface area contributed by atoms with Crippen LogP contribution >= 0.6 is 0 Å². The number of rotatable bonds is 13. The van der Waals surface area contributed by atoms with Gasteiger partial charge in [0.15, 0.2) is 37.9 Å². The Hall–Kier alpha value is -2.18. The molecule has 2 aromatic heterocycles. The molecular formula is C22H32Cl2N4O2. The largest absolute Gasteiger partial charge is 1.00 e. The molecule has 0 aliphatic rings. The zero-order chi connectivity index (χ0) is 19.9. The third kappa shape index (κ3) is 13.1. The maximum absolute atomic E-state index is 11.8. The Morgan fingerprint density at radius 2 is 0.933 bits per heavy atom. The summed E-state index contributed by atoms with van der Waals surface area (Å²) in [6.07, 6.45) is 12.9. The molecule has 2 N–H and O–H groups in total. The summed E-state index contributed by atoms with van der Waals surface area (Å²) in [7, 11) is 0. The second-order valence-electron chi connectivity index (χ2n) is 6.84. The first kappa shape index (κ1) is 27.8. The van der Waals surface area contributed by atoms with Crippen LogP contribution in [0.25, 0.3) is 0 Å². The summed E-state index contributed by atoms with van der Waals surface area (Å²) in [5, 5.41) is 5.94. The number of pyridine rings is 2. The predicted molar refractivity (Wildman–Crippen MR) is 107 cm³/mol. The Labute approximate surface area is 191 Å². The lowest BCUT2D eigenvalue weighted by molar-refractivity contribution is -0.696. The molecule has 2 rings (SSSR count). The van der Waals surface area contributed by atoms with Crippen LogP contribution in [0.2, 0.25) is 0 Å². The van der Waals surface area contributed by atoms with Crippen molar-refractivity contribution >= 4 is 11.8 Å². The standard InChI is InChI=1S/C22H30N4O2.2ClH/c27-21(11-19-25-15-7-3-8-16-25)23-13-5-1-2-6-14-24-22(28)12-20-26-17-9-4-10-18-26;;/h3-4,7-10,15-18H,1-2,5-6,11-14,19-20H2;2*1H. The molecule has 0 fully saturated rings. The minimum Gasteiger partial charge on any atom is -1.00 e. The van der Waals surface area contributed by atoms with Crippen molar-refractivity contribution in [3.63, 3.8) is 0 Å². The van der Waals surface area contributed by atoms with E-state index in [-0.39, 0.29) is 36.6 Å². The van der Waals surface area contributed by atoms with Crippen molar-refractivity contribution in [2.45, 2.75) is 51.6 Å². The van der Waals surface area contributed by atoms with Crippen molar-refractivity contribution < 1.29 is 43.5 Å². The van der Waals surface area contributed by atoms with Crippen LogP contribution in [0.5, 0.6) is 0 Å². The van der Waals surface area contributed by atoms with E-state index in [0.29, 0.717) is 25.9 Å². The number of amides is 2. The second kappa shape index (κ2) is 17.7. The van der Waals surface area contributed by atoms with E-state index in [4.69, 9.17) is 0 Å². The fraction of sp³-hybridized carbons (Fsp3) is 0.455. The molecule has 30 heavy (non-hydrogen) atoms. The highest BCUT2D eigenvalue weighted by Gasteiger charge is 2.06. The zero-order valence-electron chi connectivity index (χ0n) is 17.3. The molecule has 8 heteroatoms. The molecule has 0 radical (unpaired) electrons. The van der Waals surface area contributed by atoms with E-state index < -0.39 is 0 Å². The molecule has 0 aliphatic carbocycles. The summed E-state index contributed by atoms with van der Waals surface area (Å²) < 4.78 is 4.01. The fourth-order valence-corrected chi connectivity index (χ4v) is 2.86. The molecule has 0 saturated heterocycles. The highest BCUT2D eigenvalue weighted by Crippen LogP contribution is 1.98. The number of halogens is 2. The molecule has 0 aromatic carbocycles. The summed E-state index contributed by atoms with van der Waals surface area (Å²) >= 11 is 0. The lowest BCUT2D eigenvalue weighted by atomic mass is 10.2. The molecule has 0 bridgehead atoms. The zero-order valence-corrected chi connectivity index (χ0v) is 18.8. The SMILES string of the molecule is O=C(CC[n+]1ccccc1)NCCCCCCNC(=O)CC[n+]1ccccc1.[Cl-].[Cl-]. The number of aromatic nitrogens is 2. The summed E-state index contributed by atoms with van der Waals surface area (Å²) in [5.41, 5.74) is 0. The predicted octanol–water partition coefficient (Wildman–Crippen LogP) is -4.46. The van der Waals surface area contributed by atoms with Gasteiger partial charge in [-0.05, 0) is 12.8 Å². The van der Waals surface area contributed by atoms with Gasteiger partial charge in [0.2, 0.25) is 11.8 Å². The Bertz CT molecular complexity index is 641. The molecule has 0 spiro atoms. The van der Waals surface area contributed by atoms with Crippen LogP contribution in [0.15, 0.2) is 61.2 Å². The van der Waals surface area contributed by atoms with E-state index in [1.54, 1.807) is 0 Å². The molecule has 166 valence electrons. The van der Waals surface area contributed by atoms with Gasteiger partial charge >= 0.3 is 0 Å². The van der Waals surface area contributed by atoms with Gasteiger partial charge in [-0.2, -0.15) is 0 Å². The quantitative estimate of drug-likeness (QED) is 0.237. The molecule has 2 heterocycles. The molecular weight excluding hydrogens is 423 g/mol. The van der Waals surface area contributed by atoms with E-state index in [2.05, 4.69) is 10.6 Å². The lowest BCUT2D eigenvalue weighted by Crippen LogP contribution is -3.00. The van der Waals surface area contributed by atoms with Crippen LogP contribution < -0.4 is 44.6 Å². The Morgan fingerprint density at radius 1 is 0.567 bits per heavy atom.